The Morgan fingerprint density at radius 3 is 1.00 bits per heavy atom. The highest BCUT2D eigenvalue weighted by Crippen LogP contribution is 2.44. The van der Waals surface area contributed by atoms with Gasteiger partial charge < -0.3 is 4.42 Å². The van der Waals surface area contributed by atoms with Crippen LogP contribution in [0.15, 0.2) is 10.5 Å². The van der Waals surface area contributed by atoms with Crippen molar-refractivity contribution in [3.05, 3.63) is 6.07 Å². The molecule has 9 rings (SSSR count). The lowest BCUT2D eigenvalue weighted by molar-refractivity contribution is 0.675. The minimum absolute atomic E-state index is 1.03. The fourth-order valence-electron chi connectivity index (χ4n) is 12.6. The minimum atomic E-state index is 1.03. The number of furan rings is 1. The molecule has 9 aromatic rings. The van der Waals surface area contributed by atoms with Gasteiger partial charge in [-0.25, -0.2) is 0 Å². The standard InChI is InChI=1S/C40H47B23O/c41-3-1-2-4(8-14-16-27(52)34(59)36(61)38(63)40(16)64-39(14)37(62)35(60)21(8)46)7-10(22(47)29(54)28(53)20(7)45)6(5(2)19(44)17(3)42)9-11-12(24(49)31(56)30(55)23(11)48)13-15(18(9)43)26(51)33(58)32(57)25(13)50/h1H,41-63H2. The number of hydrogen-bond donors (Lipinski definition) is 0. The van der Waals surface area contributed by atoms with Crippen molar-refractivity contribution in [3.63, 3.8) is 0 Å². The van der Waals surface area contributed by atoms with Crippen LogP contribution in [0.4, 0.5) is 0 Å². The fourth-order valence-corrected chi connectivity index (χ4v) is 12.6. The summed E-state index contributed by atoms with van der Waals surface area (Å²) in [6.07, 6.45) is 0. The van der Waals surface area contributed by atoms with Gasteiger partial charge in [0.2, 0.25) is 0 Å². The van der Waals surface area contributed by atoms with E-state index in [9.17, 15) is 0 Å². The topological polar surface area (TPSA) is 13.1 Å². The number of rotatable bonds is 2. The van der Waals surface area contributed by atoms with Crippen LogP contribution in [0, 0.1) is 0 Å². The maximum Gasteiger partial charge on any atom is 0.143 e. The van der Waals surface area contributed by atoms with Crippen LogP contribution in [0.5, 0.6) is 0 Å². The van der Waals surface area contributed by atoms with Gasteiger partial charge in [-0.3, -0.25) is 0 Å². The zero-order chi connectivity index (χ0) is 46.9. The Labute approximate surface area is 401 Å². The van der Waals surface area contributed by atoms with Crippen LogP contribution in [-0.2, 0) is 0 Å². The van der Waals surface area contributed by atoms with E-state index in [2.05, 4.69) is 187 Å². The van der Waals surface area contributed by atoms with Gasteiger partial charge in [-0.1, -0.05) is 88.0 Å². The molecule has 0 N–H and O–H groups in total. The zero-order valence-electron chi connectivity index (χ0n) is 43.5. The lowest BCUT2D eigenvalue weighted by Gasteiger charge is -2.31. The summed E-state index contributed by atoms with van der Waals surface area (Å²) in [6.45, 7) is 0. The normalized spacial score (nSPS) is 11.9. The maximum absolute atomic E-state index is 7.20. The van der Waals surface area contributed by atoms with Gasteiger partial charge in [0, 0.05) is 10.8 Å². The van der Waals surface area contributed by atoms with Crippen molar-refractivity contribution >= 4 is 371 Å². The summed E-state index contributed by atoms with van der Waals surface area (Å²) in [5, 5.41) is 13.7. The molecule has 1 heterocycles. The monoisotopic (exact) mass is 797 g/mol. The Morgan fingerprint density at radius 1 is 0.203 bits per heavy atom. The molecule has 0 saturated carbocycles. The smallest absolute Gasteiger partial charge is 0.143 e. The van der Waals surface area contributed by atoms with Gasteiger partial charge in [0.25, 0.3) is 0 Å². The third-order valence-electron chi connectivity index (χ3n) is 18.4. The van der Waals surface area contributed by atoms with Crippen LogP contribution in [0.25, 0.3) is 87.3 Å². The number of hydrogen-bond acceptors (Lipinski definition) is 1. The summed E-state index contributed by atoms with van der Waals surface area (Å²) in [5.41, 5.74) is 38.8. The molecule has 8 aromatic carbocycles. The van der Waals surface area contributed by atoms with Gasteiger partial charge in [-0.15, -0.1) is 43.7 Å². The summed E-state index contributed by atoms with van der Waals surface area (Å²) in [4.78, 5) is 0. The van der Waals surface area contributed by atoms with Gasteiger partial charge in [0.05, 0.1) is 0 Å². The van der Waals surface area contributed by atoms with E-state index in [-0.39, 0.29) is 0 Å². The first-order valence-electron chi connectivity index (χ1n) is 23.7. The van der Waals surface area contributed by atoms with Crippen molar-refractivity contribution in [2.24, 2.45) is 0 Å². The van der Waals surface area contributed by atoms with E-state index in [1.54, 1.807) is 0 Å². The fraction of sp³-hybridized carbons (Fsp3) is 0. The van der Waals surface area contributed by atoms with E-state index in [0.717, 1.165) is 11.2 Å². The highest BCUT2D eigenvalue weighted by Gasteiger charge is 2.31. The van der Waals surface area contributed by atoms with Crippen LogP contribution in [0.2, 0.25) is 0 Å². The van der Waals surface area contributed by atoms with Gasteiger partial charge in [0.15, 0.2) is 0 Å². The molecule has 24 heteroatoms. The van der Waals surface area contributed by atoms with Gasteiger partial charge in [-0.2, -0.15) is 0 Å². The second kappa shape index (κ2) is 15.1. The molecule has 0 spiro atoms. The molecule has 0 saturated heterocycles. The SMILES string of the molecule is Bc1cc2c(-c3c(B)c(B)c(B)c4oc5c(B)c(B)c(B)c(B)c5c34)c3c(B)c(B)c(B)c(B)c3c(-c3c(B)c4c(B)c(B)c(B)c(B)c4c4c(B)c(B)c(B)c(B)c34)c2c(B)c1B. The highest BCUT2D eigenvalue weighted by molar-refractivity contribution is 6.76. The molecule has 0 atom stereocenters. The van der Waals surface area contributed by atoms with Crippen molar-refractivity contribution < 1.29 is 4.42 Å². The third kappa shape index (κ3) is 5.59. The molecular formula is C40H47B23O. The lowest BCUT2D eigenvalue weighted by atomic mass is 9.57. The summed E-state index contributed by atoms with van der Waals surface area (Å²) in [5.74, 6) is 0. The molecule has 0 aliphatic carbocycles. The average molecular weight is 792 g/mol. The van der Waals surface area contributed by atoms with Gasteiger partial charge in [-0.05, 0) is 65.3 Å². The van der Waals surface area contributed by atoms with Gasteiger partial charge >= 0.3 is 0 Å². The molecule has 0 bridgehead atoms. The van der Waals surface area contributed by atoms with E-state index < -0.39 is 0 Å². The van der Waals surface area contributed by atoms with Crippen LogP contribution >= 0.6 is 0 Å². The third-order valence-corrected chi connectivity index (χ3v) is 18.4. The Bertz CT molecular complexity index is 3760. The average Bonchev–Trinajstić information content (AvgIpc) is 3.67. The molecule has 0 aliphatic rings. The Hall–Kier alpha value is -3.91. The zero-order valence-corrected chi connectivity index (χ0v) is 43.5. The maximum atomic E-state index is 7.20. The van der Waals surface area contributed by atoms with Crippen LogP contribution < -0.4 is 126 Å². The number of fused-ring (bicyclic) bond motifs is 8. The van der Waals surface area contributed by atoms with E-state index >= 15 is 0 Å². The molecule has 0 unspecified atom stereocenters. The van der Waals surface area contributed by atoms with Crippen molar-refractivity contribution in [3.8, 4) is 22.3 Å². The first kappa shape index (κ1) is 45.3. The Kier molecular flexibility index (Phi) is 10.6. The summed E-state index contributed by atoms with van der Waals surface area (Å²) >= 11 is 0. The van der Waals surface area contributed by atoms with Crippen LogP contribution in [-0.4, -0.2) is 180 Å². The lowest BCUT2D eigenvalue weighted by Crippen LogP contribution is -2.52. The highest BCUT2D eigenvalue weighted by atomic mass is 16.3. The van der Waals surface area contributed by atoms with E-state index in [1.807, 2.05) is 0 Å². The van der Waals surface area contributed by atoms with E-state index in [4.69, 9.17) is 4.42 Å². The minimum Gasteiger partial charge on any atom is -0.457 e. The summed E-state index contributed by atoms with van der Waals surface area (Å²) in [7, 11) is 54.2. The summed E-state index contributed by atoms with van der Waals surface area (Å²) in [6, 6.07) is 2.56. The second-order valence-corrected chi connectivity index (χ2v) is 20.6. The van der Waals surface area contributed by atoms with Crippen molar-refractivity contribution in [1.82, 2.24) is 0 Å². The molecule has 0 amide bonds. The van der Waals surface area contributed by atoms with Gasteiger partial charge in [0.1, 0.15) is 192 Å². The first-order chi connectivity index (χ1) is 29.9. The predicted molar refractivity (Wildman–Crippen MR) is 363 cm³/mol. The number of benzene rings is 8. The van der Waals surface area contributed by atoms with Crippen molar-refractivity contribution in [1.29, 1.82) is 0 Å². The largest absolute Gasteiger partial charge is 0.457 e. The molecule has 0 aliphatic heterocycles. The Balaban J connectivity index is 1.72. The molecule has 64 heavy (non-hydrogen) atoms. The van der Waals surface area contributed by atoms with E-state index in [0.29, 0.717) is 0 Å². The van der Waals surface area contributed by atoms with Crippen LogP contribution in [0.3, 0.4) is 0 Å². The molecule has 1 aromatic heterocycles. The summed E-state index contributed by atoms with van der Waals surface area (Å²) < 4.78 is 7.20. The first-order valence-corrected chi connectivity index (χ1v) is 23.7. The second-order valence-electron chi connectivity index (χ2n) is 20.6. The molecule has 282 valence electrons. The molecular weight excluding hydrogens is 745 g/mol. The van der Waals surface area contributed by atoms with E-state index in [1.165, 1.54) is 202 Å². The van der Waals surface area contributed by atoms with Crippen molar-refractivity contribution in [2.75, 3.05) is 0 Å². The van der Waals surface area contributed by atoms with Crippen LogP contribution in [0.1, 0.15) is 0 Å². The van der Waals surface area contributed by atoms with Crippen molar-refractivity contribution in [2.45, 2.75) is 0 Å². The Morgan fingerprint density at radius 2 is 0.516 bits per heavy atom. The molecule has 0 fully saturated rings. The predicted octanol–water partition coefficient (Wildman–Crippen LogP) is -28.5. The quantitative estimate of drug-likeness (QED) is 0.0965. The molecule has 0 radical (unpaired) electrons. The molecule has 1 nitrogen and oxygen atoms in total.